The quantitative estimate of drug-likeness (QED) is 0.365. The monoisotopic (exact) mass is 535 g/mol. The number of aliphatic imine (C=N–C) groups is 1. The number of halogens is 3. The molecule has 1 aromatic rings. The van der Waals surface area contributed by atoms with E-state index in [9.17, 15) is 0 Å². The van der Waals surface area contributed by atoms with Crippen LogP contribution < -0.4 is 3.26 Å². The van der Waals surface area contributed by atoms with Gasteiger partial charge in [-0.3, -0.25) is 0 Å². The zero-order valence-electron chi connectivity index (χ0n) is 15.2. The number of allylic oxidation sites excluding steroid dienone is 2. The minimum atomic E-state index is -4.44. The molecule has 2 nitrogen and oxygen atoms in total. The SMILES string of the molecule is C[SiH](C)[Zr]([Cl])([Cl])([NH]C(C)(C)C)[C]1=C2C=C(Br)N=CC2c2ccccc21. The van der Waals surface area contributed by atoms with Gasteiger partial charge in [0.2, 0.25) is 0 Å². The summed E-state index contributed by atoms with van der Waals surface area (Å²) in [7, 11) is 15.2. The molecule has 0 radical (unpaired) electrons. The van der Waals surface area contributed by atoms with Gasteiger partial charge in [-0.05, 0) is 0 Å². The molecule has 0 amide bonds. The van der Waals surface area contributed by atoms with Crippen LogP contribution in [0.5, 0.6) is 0 Å². The Balaban J connectivity index is 2.35. The predicted octanol–water partition coefficient (Wildman–Crippen LogP) is 6.10. The Morgan fingerprint density at radius 3 is 2.44 bits per heavy atom. The van der Waals surface area contributed by atoms with Gasteiger partial charge in [-0.2, -0.15) is 0 Å². The van der Waals surface area contributed by atoms with Crippen molar-refractivity contribution in [3.63, 3.8) is 0 Å². The summed E-state index contributed by atoms with van der Waals surface area (Å²) in [4.78, 5) is 4.48. The molecule has 0 fully saturated rings. The summed E-state index contributed by atoms with van der Waals surface area (Å²) in [6.45, 7) is 11.0. The molecule has 1 atom stereocenters. The first-order valence-electron chi connectivity index (χ1n) is 8.56. The van der Waals surface area contributed by atoms with Crippen LogP contribution in [0.2, 0.25) is 13.1 Å². The van der Waals surface area contributed by atoms with Crippen LogP contribution in [0.25, 0.3) is 3.28 Å². The number of hydrogen-bond acceptors (Lipinski definition) is 2. The van der Waals surface area contributed by atoms with E-state index in [1.807, 2.05) is 6.21 Å². The van der Waals surface area contributed by atoms with Gasteiger partial charge in [0.1, 0.15) is 0 Å². The molecule has 1 heterocycles. The van der Waals surface area contributed by atoms with Crippen LogP contribution in [0.1, 0.15) is 37.8 Å². The van der Waals surface area contributed by atoms with Gasteiger partial charge in [0.15, 0.2) is 0 Å². The standard InChI is InChI=1S/C12H7BrN.C4H10N.C2H7Si.2ClH.Zr/c13-12-6-9-5-8-3-1-2-4-10(8)11(9)7-14-12;1-4(2,3)5;1-3-2;;;/h1-4,6-7,11H;5H,1-3H3;3H,1-2H3;2*1H;/q;-1;;;;+3/p-2. The van der Waals surface area contributed by atoms with Crippen molar-refractivity contribution >= 4 is 48.4 Å². The maximum absolute atomic E-state index is 7.59. The molecular weight excluding hydrogens is 514 g/mol. The second-order valence-corrected chi connectivity index (χ2v) is 48.6. The second kappa shape index (κ2) is 6.53. The molecule has 0 saturated heterocycles. The molecule has 0 spiro atoms. The Kier molecular flexibility index (Phi) is 5.28. The Labute approximate surface area is 168 Å². The van der Waals surface area contributed by atoms with Crippen LogP contribution in [0.15, 0.2) is 45.5 Å². The zero-order chi connectivity index (χ0) is 18.6. The van der Waals surface area contributed by atoms with Gasteiger partial charge < -0.3 is 0 Å². The second-order valence-electron chi connectivity index (χ2n) is 8.25. The minimum absolute atomic E-state index is 0.143. The van der Waals surface area contributed by atoms with Crippen LogP contribution in [-0.2, 0) is 15.8 Å². The van der Waals surface area contributed by atoms with E-state index in [0.717, 1.165) is 4.61 Å². The average molecular weight is 539 g/mol. The molecule has 1 aliphatic heterocycles. The number of nitrogens with one attached hydrogen (secondary N) is 1. The van der Waals surface area contributed by atoms with Crippen LogP contribution in [0, 0.1) is 0 Å². The van der Waals surface area contributed by atoms with Crippen molar-refractivity contribution in [2.45, 2.75) is 45.3 Å². The van der Waals surface area contributed by atoms with Crippen molar-refractivity contribution in [2.24, 2.45) is 4.99 Å². The van der Waals surface area contributed by atoms with Gasteiger partial charge in [0, 0.05) is 0 Å². The third-order valence-corrected chi connectivity index (χ3v) is 50.3. The van der Waals surface area contributed by atoms with Crippen molar-refractivity contribution in [3.05, 3.63) is 51.6 Å². The Morgan fingerprint density at radius 2 is 1.84 bits per heavy atom. The van der Waals surface area contributed by atoms with E-state index in [-0.39, 0.29) is 11.5 Å². The van der Waals surface area contributed by atoms with E-state index in [1.54, 1.807) is 0 Å². The van der Waals surface area contributed by atoms with Crippen LogP contribution in [0.4, 0.5) is 0 Å². The third-order valence-electron chi connectivity index (χ3n) is 4.89. The first-order chi connectivity index (χ1) is 11.4. The van der Waals surface area contributed by atoms with E-state index < -0.39 is 21.8 Å². The van der Waals surface area contributed by atoms with E-state index in [4.69, 9.17) is 17.0 Å². The summed E-state index contributed by atoms with van der Waals surface area (Å²) >= 11 is -0.899. The fraction of sp³-hybridized carbons (Fsp3) is 0.389. The first-order valence-corrected chi connectivity index (χ1v) is 25.3. The topological polar surface area (TPSA) is 24.4 Å². The summed E-state index contributed by atoms with van der Waals surface area (Å²) in [5, 5.41) is 0. The summed E-state index contributed by atoms with van der Waals surface area (Å²) in [5.74, 6) is -1.29. The Hall–Kier alpha value is 0.490. The van der Waals surface area contributed by atoms with Crippen molar-refractivity contribution in [1.82, 2.24) is 3.26 Å². The third kappa shape index (κ3) is 3.50. The van der Waals surface area contributed by atoms with E-state index in [0.29, 0.717) is 0 Å². The zero-order valence-corrected chi connectivity index (χ0v) is 21.9. The summed E-state index contributed by atoms with van der Waals surface area (Å²) in [6, 6.07) is 8.51. The number of rotatable bonds is 3. The molecule has 1 unspecified atom stereocenters. The number of fused-ring (bicyclic) bond motifs is 3. The van der Waals surface area contributed by atoms with Gasteiger partial charge in [0.25, 0.3) is 0 Å². The van der Waals surface area contributed by atoms with Crippen LogP contribution >= 0.6 is 33.0 Å². The number of hydrogen-bond donors (Lipinski definition) is 1. The molecular formula is C18H24BrCl2N2SiZr. The molecule has 3 rings (SSSR count). The Bertz CT molecular complexity index is 825. The molecule has 1 aliphatic carbocycles. The summed E-state index contributed by atoms with van der Waals surface area (Å²) in [6.07, 6.45) is 4.12. The van der Waals surface area contributed by atoms with Crippen molar-refractivity contribution < 1.29 is 15.8 Å². The molecule has 0 bridgehead atoms. The molecule has 7 heteroatoms. The molecule has 1 aromatic carbocycles. The van der Waals surface area contributed by atoms with E-state index in [1.165, 1.54) is 20.0 Å². The van der Waals surface area contributed by atoms with E-state index >= 15 is 0 Å². The van der Waals surface area contributed by atoms with Gasteiger partial charge in [-0.25, -0.2) is 0 Å². The van der Waals surface area contributed by atoms with Crippen LogP contribution in [-0.4, -0.2) is 17.7 Å². The average Bonchev–Trinajstić information content (AvgIpc) is 2.79. The van der Waals surface area contributed by atoms with E-state index in [2.05, 4.69) is 88.4 Å². The fourth-order valence-electron chi connectivity index (χ4n) is 3.80. The summed E-state index contributed by atoms with van der Waals surface area (Å²) in [5.41, 5.74) is 3.55. The molecule has 25 heavy (non-hydrogen) atoms. The maximum atomic E-state index is 7.59. The first kappa shape index (κ1) is 20.2. The van der Waals surface area contributed by atoms with Gasteiger partial charge in [0.05, 0.1) is 0 Å². The van der Waals surface area contributed by atoms with Crippen molar-refractivity contribution in [3.8, 4) is 0 Å². The molecule has 1 N–H and O–H groups in total. The van der Waals surface area contributed by atoms with Gasteiger partial charge >= 0.3 is 169 Å². The predicted molar refractivity (Wildman–Crippen MR) is 115 cm³/mol. The summed E-state index contributed by atoms with van der Waals surface area (Å²) < 4.78 is 5.82. The van der Waals surface area contributed by atoms with Crippen molar-refractivity contribution in [2.75, 3.05) is 0 Å². The molecule has 2 aliphatic rings. The molecule has 135 valence electrons. The van der Waals surface area contributed by atoms with Crippen molar-refractivity contribution in [1.29, 1.82) is 0 Å². The van der Waals surface area contributed by atoms with Gasteiger partial charge in [-0.15, -0.1) is 0 Å². The fourth-order valence-corrected chi connectivity index (χ4v) is 29.1. The normalized spacial score (nSPS) is 21.7. The van der Waals surface area contributed by atoms with Gasteiger partial charge in [-0.1, -0.05) is 0 Å². The van der Waals surface area contributed by atoms with Crippen LogP contribution in [0.3, 0.4) is 0 Å². The number of benzene rings is 1. The Morgan fingerprint density at radius 1 is 1.20 bits per heavy atom. The molecule has 0 saturated carbocycles. The molecule has 0 aromatic heterocycles. The number of nitrogens with zero attached hydrogens (tertiary/aromatic N) is 1.